The van der Waals surface area contributed by atoms with Crippen LogP contribution >= 0.6 is 0 Å². The van der Waals surface area contributed by atoms with Crippen LogP contribution < -0.4 is 5.73 Å². The predicted octanol–water partition coefficient (Wildman–Crippen LogP) is 1.54. The number of hydrogen-bond acceptors (Lipinski definition) is 3. The topological polar surface area (TPSA) is 59.2 Å². The molecule has 0 aliphatic carbocycles. The minimum atomic E-state index is 0.0202. The van der Waals surface area contributed by atoms with Gasteiger partial charge in [0, 0.05) is 19.3 Å². The van der Waals surface area contributed by atoms with Gasteiger partial charge in [0.1, 0.15) is 5.82 Å². The van der Waals surface area contributed by atoms with E-state index in [9.17, 15) is 4.79 Å². The molecule has 0 saturated heterocycles. The summed E-state index contributed by atoms with van der Waals surface area (Å²) in [6, 6.07) is 3.36. The van der Waals surface area contributed by atoms with Gasteiger partial charge in [-0.15, -0.1) is 0 Å². The number of amides is 1. The Balaban J connectivity index is 2.78. The van der Waals surface area contributed by atoms with E-state index in [-0.39, 0.29) is 5.91 Å². The zero-order valence-corrected chi connectivity index (χ0v) is 9.23. The molecule has 0 unspecified atom stereocenters. The van der Waals surface area contributed by atoms with Gasteiger partial charge in [0.25, 0.3) is 5.91 Å². The van der Waals surface area contributed by atoms with Crippen LogP contribution in [-0.4, -0.2) is 28.9 Å². The summed E-state index contributed by atoms with van der Waals surface area (Å²) in [5, 5.41) is 0. The highest BCUT2D eigenvalue weighted by atomic mass is 16.2. The number of hydrogen-bond donors (Lipinski definition) is 1. The smallest absolute Gasteiger partial charge is 0.255 e. The number of carbonyl (C=O) groups is 1. The van der Waals surface area contributed by atoms with Crippen LogP contribution in [0.2, 0.25) is 0 Å². The zero-order chi connectivity index (χ0) is 11.3. The molecule has 1 amide bonds. The number of rotatable bonds is 4. The van der Waals surface area contributed by atoms with Crippen LogP contribution in [0.15, 0.2) is 18.3 Å². The van der Waals surface area contributed by atoms with Gasteiger partial charge in [0.2, 0.25) is 0 Å². The van der Waals surface area contributed by atoms with E-state index in [2.05, 4.69) is 11.9 Å². The van der Waals surface area contributed by atoms with Crippen molar-refractivity contribution in [3.05, 3.63) is 23.9 Å². The van der Waals surface area contributed by atoms with Crippen molar-refractivity contribution in [3.8, 4) is 0 Å². The lowest BCUT2D eigenvalue weighted by atomic mass is 10.2. The van der Waals surface area contributed by atoms with Crippen molar-refractivity contribution in [2.75, 3.05) is 18.8 Å². The van der Waals surface area contributed by atoms with Crippen LogP contribution in [0.5, 0.6) is 0 Å². The van der Waals surface area contributed by atoms with Gasteiger partial charge in [0.05, 0.1) is 5.56 Å². The third kappa shape index (κ3) is 2.94. The van der Waals surface area contributed by atoms with Crippen molar-refractivity contribution in [2.24, 2.45) is 0 Å². The highest BCUT2D eigenvalue weighted by Gasteiger charge is 2.12. The Bertz CT molecular complexity index is 321. The van der Waals surface area contributed by atoms with Crippen LogP contribution in [0.25, 0.3) is 0 Å². The second-order valence-electron chi connectivity index (χ2n) is 3.36. The molecule has 4 heteroatoms. The van der Waals surface area contributed by atoms with Gasteiger partial charge in [-0.3, -0.25) is 4.79 Å². The van der Waals surface area contributed by atoms with E-state index in [0.717, 1.165) is 19.5 Å². The lowest BCUT2D eigenvalue weighted by Gasteiger charge is -2.19. The second-order valence-corrected chi connectivity index (χ2v) is 3.36. The summed E-state index contributed by atoms with van der Waals surface area (Å²) in [6.07, 6.45) is 2.48. The fraction of sp³-hybridized carbons (Fsp3) is 0.455. The number of nitrogen functional groups attached to an aromatic ring is 1. The van der Waals surface area contributed by atoms with Crippen molar-refractivity contribution in [1.82, 2.24) is 9.88 Å². The highest BCUT2D eigenvalue weighted by Crippen LogP contribution is 2.06. The molecule has 2 N–H and O–H groups in total. The molecule has 0 aromatic carbocycles. The van der Waals surface area contributed by atoms with E-state index in [1.54, 1.807) is 17.0 Å². The fourth-order valence-electron chi connectivity index (χ4n) is 1.39. The first kappa shape index (κ1) is 11.5. The quantitative estimate of drug-likeness (QED) is 0.814. The molecule has 1 aromatic rings. The summed E-state index contributed by atoms with van der Waals surface area (Å²) in [5.41, 5.74) is 6.05. The van der Waals surface area contributed by atoms with Gasteiger partial charge in [-0.1, -0.05) is 6.92 Å². The van der Waals surface area contributed by atoms with Crippen molar-refractivity contribution < 1.29 is 4.79 Å². The Morgan fingerprint density at radius 3 is 2.67 bits per heavy atom. The fourth-order valence-corrected chi connectivity index (χ4v) is 1.39. The van der Waals surface area contributed by atoms with Gasteiger partial charge in [-0.25, -0.2) is 4.98 Å². The van der Waals surface area contributed by atoms with Gasteiger partial charge < -0.3 is 10.6 Å². The number of aromatic nitrogens is 1. The summed E-state index contributed by atoms with van der Waals surface area (Å²) in [6.45, 7) is 5.52. The van der Waals surface area contributed by atoms with Crippen LogP contribution in [0.1, 0.15) is 30.6 Å². The Labute approximate surface area is 90.1 Å². The molecule has 4 nitrogen and oxygen atoms in total. The van der Waals surface area contributed by atoms with E-state index in [4.69, 9.17) is 5.73 Å². The van der Waals surface area contributed by atoms with Crippen LogP contribution in [-0.2, 0) is 0 Å². The van der Waals surface area contributed by atoms with E-state index in [1.165, 1.54) is 6.20 Å². The summed E-state index contributed by atoms with van der Waals surface area (Å²) >= 11 is 0. The number of nitrogens with zero attached hydrogens (tertiary/aromatic N) is 2. The van der Waals surface area contributed by atoms with Gasteiger partial charge in [-0.05, 0) is 25.5 Å². The Hall–Kier alpha value is -1.58. The standard InChI is InChI=1S/C11H17N3O/c1-3-7-14(4-2)11(15)9-5-6-10(12)13-8-9/h5-6,8H,3-4,7H2,1-2H3,(H2,12,13). The minimum absolute atomic E-state index is 0.0202. The molecule has 0 fully saturated rings. The SMILES string of the molecule is CCCN(CC)C(=O)c1ccc(N)nc1. The first-order valence-electron chi connectivity index (χ1n) is 5.19. The molecule has 0 spiro atoms. The number of anilines is 1. The van der Waals surface area contributed by atoms with Crippen molar-refractivity contribution in [2.45, 2.75) is 20.3 Å². The number of carbonyl (C=O) groups excluding carboxylic acids is 1. The lowest BCUT2D eigenvalue weighted by Crippen LogP contribution is -2.31. The average molecular weight is 207 g/mol. The number of pyridine rings is 1. The molecule has 1 heterocycles. The van der Waals surface area contributed by atoms with Crippen molar-refractivity contribution >= 4 is 11.7 Å². The maximum absolute atomic E-state index is 11.9. The Kier molecular flexibility index (Phi) is 4.09. The molecule has 0 radical (unpaired) electrons. The lowest BCUT2D eigenvalue weighted by molar-refractivity contribution is 0.0764. The second kappa shape index (κ2) is 5.34. The summed E-state index contributed by atoms with van der Waals surface area (Å²) in [5.74, 6) is 0.455. The van der Waals surface area contributed by atoms with E-state index < -0.39 is 0 Å². The normalized spacial score (nSPS) is 10.0. The first-order valence-corrected chi connectivity index (χ1v) is 5.19. The molecule has 15 heavy (non-hydrogen) atoms. The molecular formula is C11H17N3O. The third-order valence-corrected chi connectivity index (χ3v) is 2.20. The van der Waals surface area contributed by atoms with Crippen molar-refractivity contribution in [3.63, 3.8) is 0 Å². The molecule has 0 bridgehead atoms. The summed E-state index contributed by atoms with van der Waals surface area (Å²) in [4.78, 5) is 17.6. The molecule has 1 rings (SSSR count). The van der Waals surface area contributed by atoms with E-state index >= 15 is 0 Å². The van der Waals surface area contributed by atoms with E-state index in [0.29, 0.717) is 11.4 Å². The van der Waals surface area contributed by atoms with Crippen molar-refractivity contribution in [1.29, 1.82) is 0 Å². The third-order valence-electron chi connectivity index (χ3n) is 2.20. The molecule has 1 aromatic heterocycles. The molecule has 0 atom stereocenters. The highest BCUT2D eigenvalue weighted by molar-refractivity contribution is 5.94. The van der Waals surface area contributed by atoms with Gasteiger partial charge in [-0.2, -0.15) is 0 Å². The molecule has 0 saturated carbocycles. The first-order chi connectivity index (χ1) is 7.19. The average Bonchev–Trinajstić information content (AvgIpc) is 2.26. The molecule has 0 aliphatic rings. The zero-order valence-electron chi connectivity index (χ0n) is 9.23. The summed E-state index contributed by atoms with van der Waals surface area (Å²) < 4.78 is 0. The summed E-state index contributed by atoms with van der Waals surface area (Å²) in [7, 11) is 0. The largest absolute Gasteiger partial charge is 0.384 e. The molecule has 0 aliphatic heterocycles. The maximum Gasteiger partial charge on any atom is 0.255 e. The minimum Gasteiger partial charge on any atom is -0.384 e. The van der Waals surface area contributed by atoms with Crippen LogP contribution in [0.4, 0.5) is 5.82 Å². The molecule has 82 valence electrons. The Morgan fingerprint density at radius 1 is 1.47 bits per heavy atom. The van der Waals surface area contributed by atoms with Gasteiger partial charge >= 0.3 is 0 Å². The Morgan fingerprint density at radius 2 is 2.20 bits per heavy atom. The van der Waals surface area contributed by atoms with Crippen LogP contribution in [0, 0.1) is 0 Å². The van der Waals surface area contributed by atoms with Gasteiger partial charge in [0.15, 0.2) is 0 Å². The predicted molar refractivity (Wildman–Crippen MR) is 60.5 cm³/mol. The van der Waals surface area contributed by atoms with Crippen LogP contribution in [0.3, 0.4) is 0 Å². The monoisotopic (exact) mass is 207 g/mol. The van der Waals surface area contributed by atoms with E-state index in [1.807, 2.05) is 6.92 Å². The number of nitrogens with two attached hydrogens (primary N) is 1. The molecular weight excluding hydrogens is 190 g/mol. The maximum atomic E-state index is 11.9.